The summed E-state index contributed by atoms with van der Waals surface area (Å²) in [4.78, 5) is 23.5. The van der Waals surface area contributed by atoms with Crippen LogP contribution in [0.2, 0.25) is 0 Å². The number of hydrogen-bond acceptors (Lipinski definition) is 6. The number of furan rings is 1. The van der Waals surface area contributed by atoms with Gasteiger partial charge in [-0.3, -0.25) is 9.48 Å². The minimum Gasteiger partial charge on any atom is -0.475 e. The predicted octanol–water partition coefficient (Wildman–Crippen LogP) is 3.73. The molecule has 36 heavy (non-hydrogen) atoms. The summed E-state index contributed by atoms with van der Waals surface area (Å²) in [5, 5.41) is 18.6. The molecule has 0 unspecified atom stereocenters. The maximum atomic E-state index is 12.5. The molecule has 0 radical (unpaired) electrons. The molecule has 0 aliphatic rings. The molecule has 3 heterocycles. The summed E-state index contributed by atoms with van der Waals surface area (Å²) < 4.78 is 40.4. The van der Waals surface area contributed by atoms with Gasteiger partial charge in [0.2, 0.25) is 5.91 Å². The number of aromatic nitrogens is 4. The van der Waals surface area contributed by atoms with E-state index in [1.807, 2.05) is 50.6 Å². The lowest BCUT2D eigenvalue weighted by molar-refractivity contribution is -0.192. The molecule has 0 saturated carbocycles. The van der Waals surface area contributed by atoms with Crippen molar-refractivity contribution in [3.05, 3.63) is 73.1 Å². The topological polar surface area (TPSA) is 118 Å². The van der Waals surface area contributed by atoms with Crippen LogP contribution in [-0.2, 0) is 22.7 Å². The number of aliphatic carboxylic acids is 1. The van der Waals surface area contributed by atoms with Crippen LogP contribution in [-0.4, -0.2) is 56.8 Å². The minimum atomic E-state index is -5.08. The van der Waals surface area contributed by atoms with Gasteiger partial charge in [0.1, 0.15) is 24.7 Å². The Hall–Kier alpha value is -4.55. The quantitative estimate of drug-likeness (QED) is 0.394. The highest BCUT2D eigenvalue weighted by molar-refractivity contribution is 5.89. The van der Waals surface area contributed by atoms with E-state index in [1.54, 1.807) is 34.1 Å². The number of carboxylic acid groups (broad SMARTS) is 1. The van der Waals surface area contributed by atoms with Crippen molar-refractivity contribution in [1.29, 1.82) is 0 Å². The molecule has 4 aromatic rings. The summed E-state index contributed by atoms with van der Waals surface area (Å²) >= 11 is 0. The van der Waals surface area contributed by atoms with Crippen LogP contribution in [0.3, 0.4) is 0 Å². The molecule has 3 aromatic heterocycles. The Labute approximate surface area is 203 Å². The Bertz CT molecular complexity index is 1300. The van der Waals surface area contributed by atoms with E-state index in [1.165, 1.54) is 0 Å². The third-order valence-electron chi connectivity index (χ3n) is 4.75. The maximum absolute atomic E-state index is 12.5. The minimum absolute atomic E-state index is 0.107. The summed E-state index contributed by atoms with van der Waals surface area (Å²) in [6.07, 6.45) is 1.82. The third-order valence-corrected chi connectivity index (χ3v) is 4.75. The molecule has 1 amide bonds. The first kappa shape index (κ1) is 26.1. The highest BCUT2D eigenvalue weighted by Gasteiger charge is 2.38. The second-order valence-corrected chi connectivity index (χ2v) is 7.64. The highest BCUT2D eigenvalue weighted by Crippen LogP contribution is 2.29. The second-order valence-electron chi connectivity index (χ2n) is 7.64. The summed E-state index contributed by atoms with van der Waals surface area (Å²) in [5.74, 6) is -1.56. The third kappa shape index (κ3) is 6.98. The lowest BCUT2D eigenvalue weighted by Gasteiger charge is -2.16. The largest absolute Gasteiger partial charge is 0.490 e. The Balaban J connectivity index is 0.000000454. The molecular formula is C23H23F3N6O4. The van der Waals surface area contributed by atoms with Crippen molar-refractivity contribution >= 4 is 23.4 Å². The summed E-state index contributed by atoms with van der Waals surface area (Å²) in [5.41, 5.74) is 3.13. The Kier molecular flexibility index (Phi) is 8.14. The fraction of sp³-hybridized carbons (Fsp3) is 0.217. The molecule has 4 rings (SSSR count). The molecule has 0 aliphatic carbocycles. The van der Waals surface area contributed by atoms with E-state index in [9.17, 15) is 18.0 Å². The van der Waals surface area contributed by atoms with Crippen LogP contribution in [0.15, 0.2) is 71.7 Å². The molecule has 2 N–H and O–H groups in total. The van der Waals surface area contributed by atoms with Crippen molar-refractivity contribution < 1.29 is 32.3 Å². The van der Waals surface area contributed by atoms with Crippen molar-refractivity contribution in [1.82, 2.24) is 19.6 Å². The molecule has 0 atom stereocenters. The smallest absolute Gasteiger partial charge is 0.475 e. The van der Waals surface area contributed by atoms with Gasteiger partial charge in [0.05, 0.1) is 18.7 Å². The van der Waals surface area contributed by atoms with E-state index < -0.39 is 12.1 Å². The van der Waals surface area contributed by atoms with Crippen molar-refractivity contribution in [2.45, 2.75) is 19.3 Å². The number of para-hydroxylation sites is 1. The molecule has 0 aliphatic heterocycles. The van der Waals surface area contributed by atoms with Crippen LogP contribution in [0.5, 0.6) is 0 Å². The van der Waals surface area contributed by atoms with E-state index in [0.29, 0.717) is 12.4 Å². The highest BCUT2D eigenvalue weighted by atomic mass is 19.4. The molecule has 0 spiro atoms. The zero-order valence-electron chi connectivity index (χ0n) is 19.3. The van der Waals surface area contributed by atoms with Gasteiger partial charge in [-0.05, 0) is 18.2 Å². The number of carboxylic acids is 1. The van der Waals surface area contributed by atoms with Crippen molar-refractivity contribution in [2.24, 2.45) is 0 Å². The standard InChI is InChI=1S/C21H22N6O2.C2HF3O2/c1-25(2)19-8-4-3-7-18(19)16-12-23-26(13-16)15-21(28)24-20-9-10-22-27(20)14-17-6-5-11-29-17;3-2(4,5)1(6)7/h3-13H,14-15H2,1-2H3,(H,24,28);(H,6,7). The maximum Gasteiger partial charge on any atom is 0.490 e. The molecule has 13 heteroatoms. The zero-order valence-corrected chi connectivity index (χ0v) is 19.3. The van der Waals surface area contributed by atoms with Gasteiger partial charge >= 0.3 is 12.1 Å². The fourth-order valence-corrected chi connectivity index (χ4v) is 3.14. The molecule has 1 aromatic carbocycles. The monoisotopic (exact) mass is 504 g/mol. The average Bonchev–Trinajstić information content (AvgIpc) is 3.57. The van der Waals surface area contributed by atoms with Crippen LogP contribution >= 0.6 is 0 Å². The number of anilines is 2. The number of nitrogens with one attached hydrogen (secondary N) is 1. The zero-order chi connectivity index (χ0) is 26.3. The Morgan fingerprint density at radius 3 is 2.47 bits per heavy atom. The molecule has 0 fully saturated rings. The van der Waals surface area contributed by atoms with Gasteiger partial charge in [-0.25, -0.2) is 9.48 Å². The van der Waals surface area contributed by atoms with Gasteiger partial charge in [-0.2, -0.15) is 23.4 Å². The van der Waals surface area contributed by atoms with E-state index in [-0.39, 0.29) is 12.5 Å². The number of amides is 1. The summed E-state index contributed by atoms with van der Waals surface area (Å²) in [6, 6.07) is 13.5. The number of halogens is 3. The second kappa shape index (κ2) is 11.3. The van der Waals surface area contributed by atoms with Crippen molar-refractivity contribution in [3.63, 3.8) is 0 Å². The number of hydrogen-bond donors (Lipinski definition) is 2. The van der Waals surface area contributed by atoms with Gasteiger partial charge in [0.15, 0.2) is 0 Å². The number of alkyl halides is 3. The van der Waals surface area contributed by atoms with Crippen LogP contribution in [0.1, 0.15) is 5.76 Å². The molecule has 0 saturated heterocycles. The van der Waals surface area contributed by atoms with Gasteiger partial charge in [-0.15, -0.1) is 0 Å². The van der Waals surface area contributed by atoms with Crippen LogP contribution in [0.4, 0.5) is 24.7 Å². The number of nitrogens with zero attached hydrogens (tertiary/aromatic N) is 5. The van der Waals surface area contributed by atoms with E-state index in [2.05, 4.69) is 26.5 Å². The molecule has 10 nitrogen and oxygen atoms in total. The predicted molar refractivity (Wildman–Crippen MR) is 124 cm³/mol. The van der Waals surface area contributed by atoms with Gasteiger partial charge < -0.3 is 19.7 Å². The molecule has 190 valence electrons. The fourth-order valence-electron chi connectivity index (χ4n) is 3.14. The van der Waals surface area contributed by atoms with Crippen LogP contribution in [0, 0.1) is 0 Å². The number of carbonyl (C=O) groups is 2. The Morgan fingerprint density at radius 1 is 1.11 bits per heavy atom. The van der Waals surface area contributed by atoms with Crippen molar-refractivity contribution in [3.8, 4) is 11.1 Å². The molecular weight excluding hydrogens is 481 g/mol. The number of benzene rings is 1. The first-order chi connectivity index (χ1) is 17.0. The first-order valence-electron chi connectivity index (χ1n) is 10.5. The first-order valence-corrected chi connectivity index (χ1v) is 10.5. The van der Waals surface area contributed by atoms with Crippen molar-refractivity contribution in [2.75, 3.05) is 24.3 Å². The summed E-state index contributed by atoms with van der Waals surface area (Å²) in [7, 11) is 4.01. The lowest BCUT2D eigenvalue weighted by atomic mass is 10.1. The average molecular weight is 504 g/mol. The Morgan fingerprint density at radius 2 is 1.83 bits per heavy atom. The van der Waals surface area contributed by atoms with Gasteiger partial charge in [0, 0.05) is 43.2 Å². The number of rotatable bonds is 7. The SMILES string of the molecule is CN(C)c1ccccc1-c1cnn(CC(=O)Nc2ccnn2Cc2ccco2)c1.O=C(O)C(F)(F)F. The van der Waals surface area contributed by atoms with Crippen LogP contribution < -0.4 is 10.2 Å². The molecule has 0 bridgehead atoms. The normalized spacial score (nSPS) is 10.9. The van der Waals surface area contributed by atoms with E-state index >= 15 is 0 Å². The number of carbonyl (C=O) groups excluding carboxylic acids is 1. The van der Waals surface area contributed by atoms with Crippen LogP contribution in [0.25, 0.3) is 11.1 Å². The van der Waals surface area contributed by atoms with Gasteiger partial charge in [0.25, 0.3) is 0 Å². The van der Waals surface area contributed by atoms with E-state index in [0.717, 1.165) is 22.6 Å². The van der Waals surface area contributed by atoms with Gasteiger partial charge in [-0.1, -0.05) is 18.2 Å². The summed E-state index contributed by atoms with van der Waals surface area (Å²) in [6.45, 7) is 0.554. The lowest BCUT2D eigenvalue weighted by Crippen LogP contribution is -2.21. The van der Waals surface area contributed by atoms with E-state index in [4.69, 9.17) is 14.3 Å².